The van der Waals surface area contributed by atoms with E-state index in [2.05, 4.69) is 0 Å². The molecule has 0 radical (unpaired) electrons. The van der Waals surface area contributed by atoms with Gasteiger partial charge in [0.2, 0.25) is 0 Å². The number of rotatable bonds is 3. The normalized spacial score (nSPS) is 24.5. The molecular formula is C12H14ClNO2S. The molecule has 1 aromatic rings. The molecule has 17 heavy (non-hydrogen) atoms. The molecule has 1 aliphatic carbocycles. The summed E-state index contributed by atoms with van der Waals surface area (Å²) in [4.78, 5) is 11.2. The van der Waals surface area contributed by atoms with Gasteiger partial charge in [0.15, 0.2) is 0 Å². The van der Waals surface area contributed by atoms with E-state index < -0.39 is 0 Å². The second-order valence-electron chi connectivity index (χ2n) is 4.21. The molecule has 1 fully saturated rings. The number of thioether (sulfide) groups is 1. The van der Waals surface area contributed by atoms with Crippen LogP contribution in [0.1, 0.15) is 25.7 Å². The van der Waals surface area contributed by atoms with Gasteiger partial charge in [0.1, 0.15) is 0 Å². The van der Waals surface area contributed by atoms with E-state index in [-0.39, 0.29) is 16.0 Å². The fourth-order valence-electron chi connectivity index (χ4n) is 2.01. The Morgan fingerprint density at radius 1 is 1.24 bits per heavy atom. The number of nitro benzene ring substituents is 1. The summed E-state index contributed by atoms with van der Waals surface area (Å²) in [5.41, 5.74) is 0.139. The van der Waals surface area contributed by atoms with Crippen LogP contribution in [0.15, 0.2) is 29.2 Å². The number of nitrogens with zero attached hydrogens (tertiary/aromatic N) is 1. The molecule has 1 saturated carbocycles. The number of hydrogen-bond acceptors (Lipinski definition) is 3. The van der Waals surface area contributed by atoms with E-state index in [1.54, 1.807) is 36.0 Å². The third kappa shape index (κ3) is 3.36. The van der Waals surface area contributed by atoms with Gasteiger partial charge < -0.3 is 0 Å². The smallest absolute Gasteiger partial charge is 0.258 e. The lowest BCUT2D eigenvalue weighted by molar-refractivity contribution is -0.384. The highest BCUT2D eigenvalue weighted by Crippen LogP contribution is 2.36. The van der Waals surface area contributed by atoms with Gasteiger partial charge in [0.05, 0.1) is 4.92 Å². The number of benzene rings is 1. The maximum Gasteiger partial charge on any atom is 0.269 e. The number of nitro groups is 1. The first-order valence-electron chi connectivity index (χ1n) is 5.72. The third-order valence-corrected chi connectivity index (χ3v) is 5.04. The summed E-state index contributed by atoms with van der Waals surface area (Å²) in [6.45, 7) is 0. The highest BCUT2D eigenvalue weighted by Gasteiger charge is 2.24. The van der Waals surface area contributed by atoms with Crippen molar-refractivity contribution in [3.63, 3.8) is 0 Å². The Bertz CT molecular complexity index is 396. The first-order valence-corrected chi connectivity index (χ1v) is 7.03. The van der Waals surface area contributed by atoms with Crippen LogP contribution in [0.3, 0.4) is 0 Å². The first-order chi connectivity index (χ1) is 8.16. The second kappa shape index (κ2) is 5.74. The maximum absolute atomic E-state index is 10.5. The van der Waals surface area contributed by atoms with E-state index in [1.807, 2.05) is 0 Å². The third-order valence-electron chi connectivity index (χ3n) is 2.96. The molecule has 2 atom stereocenters. The number of non-ortho nitro benzene ring substituents is 1. The van der Waals surface area contributed by atoms with Gasteiger partial charge in [-0.1, -0.05) is 12.8 Å². The molecule has 0 saturated heterocycles. The summed E-state index contributed by atoms with van der Waals surface area (Å²) in [5.74, 6) is 0. The van der Waals surface area contributed by atoms with Crippen molar-refractivity contribution in [3.05, 3.63) is 34.4 Å². The Kier molecular flexibility index (Phi) is 4.29. The standard InChI is InChI=1S/C12H14ClNO2S/c13-11-3-1-2-4-12(11)17-10-7-5-9(6-8-10)14(15)16/h5-8,11-12H,1-4H2. The molecule has 0 amide bonds. The number of halogens is 1. The van der Waals surface area contributed by atoms with Crippen molar-refractivity contribution in [1.82, 2.24) is 0 Å². The van der Waals surface area contributed by atoms with Gasteiger partial charge in [-0.3, -0.25) is 10.1 Å². The summed E-state index contributed by atoms with van der Waals surface area (Å²) in [5, 5.41) is 11.2. The average molecular weight is 272 g/mol. The fourth-order valence-corrected chi connectivity index (χ4v) is 3.65. The van der Waals surface area contributed by atoms with Crippen molar-refractivity contribution in [1.29, 1.82) is 0 Å². The zero-order chi connectivity index (χ0) is 12.3. The van der Waals surface area contributed by atoms with E-state index in [4.69, 9.17) is 11.6 Å². The molecule has 1 aliphatic rings. The molecule has 3 nitrogen and oxygen atoms in total. The first kappa shape index (κ1) is 12.7. The largest absolute Gasteiger partial charge is 0.269 e. The minimum absolute atomic E-state index is 0.139. The molecule has 0 aromatic heterocycles. The van der Waals surface area contributed by atoms with Crippen LogP contribution < -0.4 is 0 Å². The SMILES string of the molecule is O=[N+]([O-])c1ccc(SC2CCCCC2Cl)cc1. The molecule has 2 unspecified atom stereocenters. The van der Waals surface area contributed by atoms with E-state index >= 15 is 0 Å². The second-order valence-corrected chi connectivity index (χ2v) is 6.08. The van der Waals surface area contributed by atoms with Crippen molar-refractivity contribution in [2.24, 2.45) is 0 Å². The van der Waals surface area contributed by atoms with Crippen molar-refractivity contribution < 1.29 is 4.92 Å². The van der Waals surface area contributed by atoms with Gasteiger partial charge in [-0.2, -0.15) is 0 Å². The van der Waals surface area contributed by atoms with E-state index in [0.717, 1.165) is 17.7 Å². The Morgan fingerprint density at radius 3 is 2.47 bits per heavy atom. The highest BCUT2D eigenvalue weighted by atomic mass is 35.5. The Labute approximate surface area is 110 Å². The van der Waals surface area contributed by atoms with Crippen LogP contribution in [0.4, 0.5) is 5.69 Å². The molecule has 0 heterocycles. The van der Waals surface area contributed by atoms with Gasteiger partial charge in [-0.15, -0.1) is 23.4 Å². The summed E-state index contributed by atoms with van der Waals surface area (Å²) in [6, 6.07) is 6.71. The zero-order valence-electron chi connectivity index (χ0n) is 9.34. The molecule has 2 rings (SSSR count). The van der Waals surface area contributed by atoms with Crippen LogP contribution in [0.5, 0.6) is 0 Å². The number of alkyl halides is 1. The van der Waals surface area contributed by atoms with Crippen LogP contribution in [0.25, 0.3) is 0 Å². The predicted octanol–water partition coefficient (Wildman–Crippen LogP) is 4.24. The Hall–Kier alpha value is -0.740. The number of hydrogen-bond donors (Lipinski definition) is 0. The zero-order valence-corrected chi connectivity index (χ0v) is 10.9. The molecule has 0 N–H and O–H groups in total. The minimum atomic E-state index is -0.376. The Balaban J connectivity index is 2.00. The minimum Gasteiger partial charge on any atom is -0.258 e. The lowest BCUT2D eigenvalue weighted by atomic mass is 10.00. The van der Waals surface area contributed by atoms with Crippen LogP contribution in [-0.4, -0.2) is 15.6 Å². The van der Waals surface area contributed by atoms with Gasteiger partial charge in [0, 0.05) is 27.7 Å². The molecule has 1 aromatic carbocycles. The van der Waals surface area contributed by atoms with Crippen molar-refractivity contribution in [2.75, 3.05) is 0 Å². The lowest BCUT2D eigenvalue weighted by Crippen LogP contribution is -2.21. The summed E-state index contributed by atoms with van der Waals surface area (Å²) in [7, 11) is 0. The summed E-state index contributed by atoms with van der Waals surface area (Å²) in [6.07, 6.45) is 4.65. The average Bonchev–Trinajstić information content (AvgIpc) is 2.33. The molecular weight excluding hydrogens is 258 g/mol. The van der Waals surface area contributed by atoms with Crippen LogP contribution >= 0.6 is 23.4 Å². The summed E-state index contributed by atoms with van der Waals surface area (Å²) < 4.78 is 0. The predicted molar refractivity (Wildman–Crippen MR) is 70.9 cm³/mol. The maximum atomic E-state index is 10.5. The van der Waals surface area contributed by atoms with E-state index in [9.17, 15) is 10.1 Å². The molecule has 5 heteroatoms. The van der Waals surface area contributed by atoms with Crippen molar-refractivity contribution in [3.8, 4) is 0 Å². The van der Waals surface area contributed by atoms with Gasteiger partial charge in [0.25, 0.3) is 5.69 Å². The molecule has 0 bridgehead atoms. The van der Waals surface area contributed by atoms with Gasteiger partial charge in [-0.05, 0) is 25.0 Å². The van der Waals surface area contributed by atoms with Gasteiger partial charge in [-0.25, -0.2) is 0 Å². The molecule has 0 spiro atoms. The van der Waals surface area contributed by atoms with Crippen LogP contribution in [0.2, 0.25) is 0 Å². The van der Waals surface area contributed by atoms with Crippen molar-refractivity contribution >= 4 is 29.1 Å². The lowest BCUT2D eigenvalue weighted by Gasteiger charge is -2.26. The topological polar surface area (TPSA) is 43.1 Å². The van der Waals surface area contributed by atoms with E-state index in [0.29, 0.717) is 5.25 Å². The molecule has 0 aliphatic heterocycles. The quantitative estimate of drug-likeness (QED) is 0.469. The van der Waals surface area contributed by atoms with Crippen LogP contribution in [0, 0.1) is 10.1 Å². The van der Waals surface area contributed by atoms with Gasteiger partial charge >= 0.3 is 0 Å². The van der Waals surface area contributed by atoms with E-state index in [1.165, 1.54) is 12.8 Å². The highest BCUT2D eigenvalue weighted by molar-refractivity contribution is 8.00. The molecule has 92 valence electrons. The fraction of sp³-hybridized carbons (Fsp3) is 0.500. The summed E-state index contributed by atoms with van der Waals surface area (Å²) >= 11 is 8.02. The Morgan fingerprint density at radius 2 is 1.88 bits per heavy atom. The van der Waals surface area contributed by atoms with Crippen molar-refractivity contribution in [2.45, 2.75) is 41.2 Å². The van der Waals surface area contributed by atoms with Crippen LogP contribution in [-0.2, 0) is 0 Å². The monoisotopic (exact) mass is 271 g/mol.